The maximum Gasteiger partial charge on any atom is 0.0456 e. The minimum atomic E-state index is 0.361. The number of H-pyrrole nitrogens is 2. The number of nitrogens with one attached hydrogen (secondary N) is 3. The molecule has 0 saturated carbocycles. The third-order valence-corrected chi connectivity index (χ3v) is 3.61. The first-order valence-electron chi connectivity index (χ1n) is 6.76. The van der Waals surface area contributed by atoms with E-state index in [0.717, 1.165) is 13.0 Å². The second kappa shape index (κ2) is 5.33. The normalized spacial score (nSPS) is 12.9. The zero-order chi connectivity index (χ0) is 13.1. The zero-order valence-corrected chi connectivity index (χ0v) is 11.1. The van der Waals surface area contributed by atoms with Crippen LogP contribution in [0.3, 0.4) is 0 Å². The van der Waals surface area contributed by atoms with Gasteiger partial charge in [0.05, 0.1) is 0 Å². The molecule has 3 nitrogen and oxygen atoms in total. The summed E-state index contributed by atoms with van der Waals surface area (Å²) in [5.74, 6) is 0. The number of rotatable bonds is 5. The molecule has 3 heteroatoms. The van der Waals surface area contributed by atoms with Gasteiger partial charge in [0.15, 0.2) is 0 Å². The Bertz CT molecular complexity index is 637. The van der Waals surface area contributed by atoms with Gasteiger partial charge in [0.25, 0.3) is 0 Å². The average Bonchev–Trinajstić information content (AvgIpc) is 3.08. The van der Waals surface area contributed by atoms with Crippen molar-refractivity contribution in [2.75, 3.05) is 6.54 Å². The molecule has 0 fully saturated rings. The summed E-state index contributed by atoms with van der Waals surface area (Å²) in [5.41, 5.74) is 3.83. The van der Waals surface area contributed by atoms with Gasteiger partial charge in [0, 0.05) is 35.0 Å². The number of aromatic amines is 2. The van der Waals surface area contributed by atoms with Crippen molar-refractivity contribution in [2.45, 2.75) is 19.4 Å². The van der Waals surface area contributed by atoms with Gasteiger partial charge in [-0.25, -0.2) is 0 Å². The Hall–Kier alpha value is -2.00. The maximum absolute atomic E-state index is 3.54. The lowest BCUT2D eigenvalue weighted by Crippen LogP contribution is -2.21. The van der Waals surface area contributed by atoms with E-state index in [9.17, 15) is 0 Å². The van der Waals surface area contributed by atoms with E-state index >= 15 is 0 Å². The summed E-state index contributed by atoms with van der Waals surface area (Å²) < 4.78 is 0. The Labute approximate surface area is 113 Å². The lowest BCUT2D eigenvalue weighted by molar-refractivity contribution is 0.567. The first-order chi connectivity index (χ1) is 9.34. The van der Waals surface area contributed by atoms with Crippen LogP contribution in [-0.2, 0) is 6.42 Å². The predicted molar refractivity (Wildman–Crippen MR) is 79.2 cm³/mol. The minimum Gasteiger partial charge on any atom is -0.364 e. The van der Waals surface area contributed by atoms with E-state index in [1.807, 2.05) is 12.3 Å². The second-order valence-electron chi connectivity index (χ2n) is 4.91. The summed E-state index contributed by atoms with van der Waals surface area (Å²) in [6, 6.07) is 13.0. The van der Waals surface area contributed by atoms with Crippen molar-refractivity contribution in [3.63, 3.8) is 0 Å². The van der Waals surface area contributed by atoms with Crippen molar-refractivity contribution in [2.24, 2.45) is 0 Å². The fraction of sp³-hybridized carbons (Fsp3) is 0.250. The summed E-state index contributed by atoms with van der Waals surface area (Å²) in [4.78, 5) is 6.56. The lowest BCUT2D eigenvalue weighted by atomic mass is 10.1. The van der Waals surface area contributed by atoms with Crippen LogP contribution in [0.5, 0.6) is 0 Å². The summed E-state index contributed by atoms with van der Waals surface area (Å²) >= 11 is 0. The molecule has 0 saturated heterocycles. The van der Waals surface area contributed by atoms with Crippen molar-refractivity contribution >= 4 is 10.9 Å². The Morgan fingerprint density at radius 3 is 2.84 bits per heavy atom. The van der Waals surface area contributed by atoms with Crippen LogP contribution in [-0.4, -0.2) is 16.5 Å². The molecule has 0 radical (unpaired) electrons. The number of benzene rings is 1. The van der Waals surface area contributed by atoms with Crippen LogP contribution < -0.4 is 5.32 Å². The molecular formula is C16H19N3. The molecule has 2 heterocycles. The highest BCUT2D eigenvalue weighted by Crippen LogP contribution is 2.18. The highest BCUT2D eigenvalue weighted by molar-refractivity contribution is 5.83. The van der Waals surface area contributed by atoms with E-state index in [4.69, 9.17) is 0 Å². The van der Waals surface area contributed by atoms with Gasteiger partial charge in [0.2, 0.25) is 0 Å². The van der Waals surface area contributed by atoms with Crippen LogP contribution >= 0.6 is 0 Å². The molecule has 0 bridgehead atoms. The van der Waals surface area contributed by atoms with Crippen LogP contribution in [0.1, 0.15) is 24.2 Å². The van der Waals surface area contributed by atoms with Gasteiger partial charge in [-0.3, -0.25) is 0 Å². The van der Waals surface area contributed by atoms with Crippen LogP contribution in [0.15, 0.2) is 48.8 Å². The van der Waals surface area contributed by atoms with Crippen LogP contribution in [0.4, 0.5) is 0 Å². The van der Waals surface area contributed by atoms with Crippen molar-refractivity contribution in [3.05, 3.63) is 60.0 Å². The fourth-order valence-electron chi connectivity index (χ4n) is 2.49. The van der Waals surface area contributed by atoms with E-state index in [2.05, 4.69) is 58.7 Å². The van der Waals surface area contributed by atoms with Gasteiger partial charge in [0.1, 0.15) is 0 Å². The van der Waals surface area contributed by atoms with E-state index in [-0.39, 0.29) is 0 Å². The van der Waals surface area contributed by atoms with Gasteiger partial charge >= 0.3 is 0 Å². The molecule has 19 heavy (non-hydrogen) atoms. The van der Waals surface area contributed by atoms with Crippen LogP contribution in [0.25, 0.3) is 10.9 Å². The molecule has 0 spiro atoms. The first kappa shape index (κ1) is 12.1. The Kier molecular flexibility index (Phi) is 3.38. The third-order valence-electron chi connectivity index (χ3n) is 3.61. The van der Waals surface area contributed by atoms with E-state index < -0.39 is 0 Å². The Morgan fingerprint density at radius 2 is 2.00 bits per heavy atom. The molecule has 1 unspecified atom stereocenters. The molecule has 2 aromatic heterocycles. The topological polar surface area (TPSA) is 43.6 Å². The standard InChI is InChI=1S/C16H19N3/c1-12(15-7-4-9-18-15)17-10-8-13-11-19-16-6-3-2-5-14(13)16/h2-7,9,11-12,17-19H,8,10H2,1H3. The Morgan fingerprint density at radius 1 is 1.11 bits per heavy atom. The van der Waals surface area contributed by atoms with E-state index in [1.165, 1.54) is 22.2 Å². The first-order valence-corrected chi connectivity index (χ1v) is 6.76. The number of fused-ring (bicyclic) bond motifs is 1. The summed E-state index contributed by atoms with van der Waals surface area (Å²) in [7, 11) is 0. The SMILES string of the molecule is CC(NCCc1c[nH]c2ccccc12)c1ccc[nH]1. The molecular weight excluding hydrogens is 234 g/mol. The largest absolute Gasteiger partial charge is 0.364 e. The fourth-order valence-corrected chi connectivity index (χ4v) is 2.49. The Balaban J connectivity index is 1.61. The van der Waals surface area contributed by atoms with Gasteiger partial charge in [-0.15, -0.1) is 0 Å². The van der Waals surface area contributed by atoms with Crippen molar-refractivity contribution in [1.29, 1.82) is 0 Å². The van der Waals surface area contributed by atoms with Crippen molar-refractivity contribution in [3.8, 4) is 0 Å². The van der Waals surface area contributed by atoms with Crippen molar-refractivity contribution in [1.82, 2.24) is 15.3 Å². The van der Waals surface area contributed by atoms with Crippen LogP contribution in [0, 0.1) is 0 Å². The lowest BCUT2D eigenvalue weighted by Gasteiger charge is -2.11. The highest BCUT2D eigenvalue weighted by Gasteiger charge is 2.06. The average molecular weight is 253 g/mol. The minimum absolute atomic E-state index is 0.361. The van der Waals surface area contributed by atoms with Crippen molar-refractivity contribution < 1.29 is 0 Å². The number of para-hydroxylation sites is 1. The smallest absolute Gasteiger partial charge is 0.0456 e. The van der Waals surface area contributed by atoms with Gasteiger partial charge in [-0.05, 0) is 43.7 Å². The van der Waals surface area contributed by atoms with Gasteiger partial charge in [-0.1, -0.05) is 18.2 Å². The predicted octanol–water partition coefficient (Wildman–Crippen LogP) is 3.39. The molecule has 0 aliphatic carbocycles. The molecule has 3 aromatic rings. The van der Waals surface area contributed by atoms with Gasteiger partial charge in [-0.2, -0.15) is 0 Å². The molecule has 0 amide bonds. The highest BCUT2D eigenvalue weighted by atomic mass is 14.9. The molecule has 98 valence electrons. The van der Waals surface area contributed by atoms with Gasteiger partial charge < -0.3 is 15.3 Å². The summed E-state index contributed by atoms with van der Waals surface area (Å²) in [6.07, 6.45) is 5.12. The number of aromatic nitrogens is 2. The van der Waals surface area contributed by atoms with E-state index in [1.54, 1.807) is 0 Å². The molecule has 0 aliphatic rings. The molecule has 3 rings (SSSR count). The molecule has 3 N–H and O–H groups in total. The number of hydrogen-bond acceptors (Lipinski definition) is 1. The maximum atomic E-state index is 3.54. The zero-order valence-electron chi connectivity index (χ0n) is 11.1. The second-order valence-corrected chi connectivity index (χ2v) is 4.91. The molecule has 1 atom stereocenters. The summed E-state index contributed by atoms with van der Waals surface area (Å²) in [6.45, 7) is 3.16. The summed E-state index contributed by atoms with van der Waals surface area (Å²) in [5, 5.41) is 4.87. The quantitative estimate of drug-likeness (QED) is 0.641. The van der Waals surface area contributed by atoms with E-state index in [0.29, 0.717) is 6.04 Å². The number of hydrogen-bond donors (Lipinski definition) is 3. The molecule has 1 aromatic carbocycles. The monoisotopic (exact) mass is 253 g/mol. The third kappa shape index (κ3) is 2.56. The molecule has 0 aliphatic heterocycles. The van der Waals surface area contributed by atoms with Crippen LogP contribution in [0.2, 0.25) is 0 Å².